The summed E-state index contributed by atoms with van der Waals surface area (Å²) in [6, 6.07) is 7.14. The van der Waals surface area contributed by atoms with Gasteiger partial charge >= 0.3 is 0 Å². The quantitative estimate of drug-likeness (QED) is 0.617. The lowest BCUT2D eigenvalue weighted by Crippen LogP contribution is -2.25. The fourth-order valence-corrected chi connectivity index (χ4v) is 1.80. The van der Waals surface area contributed by atoms with Gasteiger partial charge in [-0.1, -0.05) is 6.07 Å². The molecule has 1 heterocycles. The van der Waals surface area contributed by atoms with Crippen LogP contribution in [0.3, 0.4) is 0 Å². The van der Waals surface area contributed by atoms with Crippen molar-refractivity contribution in [1.82, 2.24) is 4.98 Å². The molecule has 5 heteroatoms. The normalized spacial score (nSPS) is 14.7. The molecule has 2 aromatic rings. The molecule has 2 atom stereocenters. The molecule has 5 N–H and O–H groups in total. The number of aliphatic hydroxyl groups excluding tert-OH is 2. The van der Waals surface area contributed by atoms with Crippen molar-refractivity contribution in [2.75, 3.05) is 0 Å². The van der Waals surface area contributed by atoms with Crippen LogP contribution >= 0.6 is 0 Å². The van der Waals surface area contributed by atoms with Gasteiger partial charge < -0.3 is 20.9 Å². The second-order valence-electron chi connectivity index (χ2n) is 4.01. The number of aromatic nitrogens is 1. The number of rotatable bonds is 4. The number of nitrogens with one attached hydrogen (secondary N) is 1. The summed E-state index contributed by atoms with van der Waals surface area (Å²) >= 11 is 0. The predicted molar refractivity (Wildman–Crippen MR) is 63.1 cm³/mol. The van der Waals surface area contributed by atoms with Crippen LogP contribution in [0.2, 0.25) is 0 Å². The molecule has 1 amide bonds. The Kier molecular flexibility index (Phi) is 3.12. The smallest absolute Gasteiger partial charge is 0.220 e. The minimum atomic E-state index is -1.18. The van der Waals surface area contributed by atoms with Crippen LogP contribution in [-0.2, 0) is 4.79 Å². The van der Waals surface area contributed by atoms with Crippen molar-refractivity contribution < 1.29 is 15.0 Å². The van der Waals surface area contributed by atoms with Crippen LogP contribution in [0.25, 0.3) is 10.9 Å². The van der Waals surface area contributed by atoms with Crippen molar-refractivity contribution >= 4 is 16.8 Å². The number of H-pyrrole nitrogens is 1. The number of aliphatic hydroxyl groups is 2. The maximum absolute atomic E-state index is 10.7. The minimum absolute atomic E-state index is 0.258. The van der Waals surface area contributed by atoms with E-state index in [0.717, 1.165) is 10.9 Å². The van der Waals surface area contributed by atoms with Crippen LogP contribution < -0.4 is 5.73 Å². The standard InChI is InChI=1S/C12H14N2O3/c13-11(16)6-10(15)12(17)8-1-2-9-7(5-8)3-4-14-9/h1-5,10,12,14-15,17H,6H2,(H2,13,16). The molecule has 0 aliphatic rings. The van der Waals surface area contributed by atoms with Gasteiger partial charge in [0.05, 0.1) is 12.5 Å². The lowest BCUT2D eigenvalue weighted by Gasteiger charge is -2.16. The zero-order valence-corrected chi connectivity index (χ0v) is 9.13. The van der Waals surface area contributed by atoms with Gasteiger partial charge in [0.25, 0.3) is 0 Å². The number of carbonyl (C=O) groups excluding carboxylic acids is 1. The largest absolute Gasteiger partial charge is 0.390 e. The first kappa shape index (κ1) is 11.6. The van der Waals surface area contributed by atoms with E-state index in [9.17, 15) is 15.0 Å². The first-order valence-corrected chi connectivity index (χ1v) is 5.29. The Labute approximate surface area is 97.9 Å². The average Bonchev–Trinajstić information content (AvgIpc) is 2.73. The molecule has 1 aromatic heterocycles. The maximum atomic E-state index is 10.7. The fraction of sp³-hybridized carbons (Fsp3) is 0.250. The molecule has 0 bridgehead atoms. The van der Waals surface area contributed by atoms with Crippen molar-refractivity contribution in [2.24, 2.45) is 5.73 Å². The van der Waals surface area contributed by atoms with Crippen molar-refractivity contribution in [3.63, 3.8) is 0 Å². The minimum Gasteiger partial charge on any atom is -0.390 e. The topological polar surface area (TPSA) is 99.3 Å². The van der Waals surface area contributed by atoms with Crippen LogP contribution in [-0.4, -0.2) is 27.2 Å². The van der Waals surface area contributed by atoms with E-state index < -0.39 is 18.1 Å². The summed E-state index contributed by atoms with van der Waals surface area (Å²) in [4.78, 5) is 13.7. The van der Waals surface area contributed by atoms with Crippen molar-refractivity contribution in [2.45, 2.75) is 18.6 Å². The molecule has 2 unspecified atom stereocenters. The van der Waals surface area contributed by atoms with E-state index in [-0.39, 0.29) is 6.42 Å². The number of primary amides is 1. The van der Waals surface area contributed by atoms with Gasteiger partial charge in [0.2, 0.25) is 5.91 Å². The molecular formula is C12H14N2O3. The summed E-state index contributed by atoms with van der Waals surface area (Å²) < 4.78 is 0. The SMILES string of the molecule is NC(=O)CC(O)C(O)c1ccc2[nH]ccc2c1. The first-order valence-electron chi connectivity index (χ1n) is 5.29. The highest BCUT2D eigenvalue weighted by Crippen LogP contribution is 2.23. The van der Waals surface area contributed by atoms with E-state index in [2.05, 4.69) is 4.98 Å². The van der Waals surface area contributed by atoms with Crippen LogP contribution in [0.4, 0.5) is 0 Å². The van der Waals surface area contributed by atoms with Crippen LogP contribution in [0, 0.1) is 0 Å². The molecule has 17 heavy (non-hydrogen) atoms. The second kappa shape index (κ2) is 4.57. The lowest BCUT2D eigenvalue weighted by atomic mass is 10.0. The van der Waals surface area contributed by atoms with Gasteiger partial charge in [-0.2, -0.15) is 0 Å². The Bertz CT molecular complexity index is 535. The van der Waals surface area contributed by atoms with E-state index in [1.54, 1.807) is 18.3 Å². The number of hydrogen-bond acceptors (Lipinski definition) is 3. The lowest BCUT2D eigenvalue weighted by molar-refractivity contribution is -0.121. The Hall–Kier alpha value is -1.85. The molecule has 5 nitrogen and oxygen atoms in total. The third-order valence-corrected chi connectivity index (χ3v) is 2.69. The van der Waals surface area contributed by atoms with Gasteiger partial charge in [-0.05, 0) is 29.1 Å². The second-order valence-corrected chi connectivity index (χ2v) is 4.01. The molecule has 0 spiro atoms. The summed E-state index contributed by atoms with van der Waals surface area (Å²) in [6.45, 7) is 0. The summed E-state index contributed by atoms with van der Waals surface area (Å²) in [5.41, 5.74) is 6.48. The number of aromatic amines is 1. The summed E-state index contributed by atoms with van der Waals surface area (Å²) in [5.74, 6) is -0.640. The highest BCUT2D eigenvalue weighted by Gasteiger charge is 2.20. The molecule has 0 aliphatic carbocycles. The van der Waals surface area contributed by atoms with Gasteiger partial charge in [0.15, 0.2) is 0 Å². The van der Waals surface area contributed by atoms with Crippen molar-refractivity contribution in [3.05, 3.63) is 36.0 Å². The summed E-state index contributed by atoms with van der Waals surface area (Å²) in [5, 5.41) is 20.4. The highest BCUT2D eigenvalue weighted by molar-refractivity contribution is 5.80. The number of nitrogens with two attached hydrogens (primary N) is 1. The van der Waals surface area contributed by atoms with E-state index in [1.807, 2.05) is 12.1 Å². The Balaban J connectivity index is 2.23. The molecule has 1 aromatic carbocycles. The molecule has 0 aliphatic heterocycles. The van der Waals surface area contributed by atoms with Crippen molar-refractivity contribution in [1.29, 1.82) is 0 Å². The predicted octanol–water partition coefficient (Wildman–Crippen LogP) is 0.438. The fourth-order valence-electron chi connectivity index (χ4n) is 1.80. The van der Waals surface area contributed by atoms with Gasteiger partial charge in [0.1, 0.15) is 6.10 Å². The number of carbonyl (C=O) groups is 1. The van der Waals surface area contributed by atoms with Crippen LogP contribution in [0.1, 0.15) is 18.1 Å². The van der Waals surface area contributed by atoms with Gasteiger partial charge in [-0.15, -0.1) is 0 Å². The average molecular weight is 234 g/mol. The van der Waals surface area contributed by atoms with E-state index in [1.165, 1.54) is 0 Å². The van der Waals surface area contributed by atoms with Gasteiger partial charge in [0, 0.05) is 11.7 Å². The van der Waals surface area contributed by atoms with Gasteiger partial charge in [-0.3, -0.25) is 4.79 Å². The van der Waals surface area contributed by atoms with Crippen LogP contribution in [0.5, 0.6) is 0 Å². The van der Waals surface area contributed by atoms with Gasteiger partial charge in [-0.25, -0.2) is 0 Å². The summed E-state index contributed by atoms with van der Waals surface area (Å²) in [7, 11) is 0. The Morgan fingerprint density at radius 3 is 2.82 bits per heavy atom. The van der Waals surface area contributed by atoms with E-state index in [0.29, 0.717) is 5.56 Å². The molecule has 2 rings (SSSR count). The number of amides is 1. The third-order valence-electron chi connectivity index (χ3n) is 2.69. The molecule has 0 saturated carbocycles. The Morgan fingerprint density at radius 2 is 2.12 bits per heavy atom. The zero-order chi connectivity index (χ0) is 12.4. The summed E-state index contributed by atoms with van der Waals surface area (Å²) in [6.07, 6.45) is -0.752. The molecule has 0 radical (unpaired) electrons. The molecule has 0 saturated heterocycles. The number of benzene rings is 1. The van der Waals surface area contributed by atoms with E-state index >= 15 is 0 Å². The van der Waals surface area contributed by atoms with Crippen LogP contribution in [0.15, 0.2) is 30.5 Å². The monoisotopic (exact) mass is 234 g/mol. The number of hydrogen-bond donors (Lipinski definition) is 4. The van der Waals surface area contributed by atoms with E-state index in [4.69, 9.17) is 5.73 Å². The number of fused-ring (bicyclic) bond motifs is 1. The third kappa shape index (κ3) is 2.46. The molecular weight excluding hydrogens is 220 g/mol. The first-order chi connectivity index (χ1) is 8.08. The zero-order valence-electron chi connectivity index (χ0n) is 9.13. The Morgan fingerprint density at radius 1 is 1.35 bits per heavy atom. The molecule has 0 fully saturated rings. The van der Waals surface area contributed by atoms with Crippen molar-refractivity contribution in [3.8, 4) is 0 Å². The molecule has 90 valence electrons. The highest BCUT2D eigenvalue weighted by atomic mass is 16.3. The maximum Gasteiger partial charge on any atom is 0.220 e.